The first-order chi connectivity index (χ1) is 12.0. The Bertz CT molecular complexity index is 709. The fourth-order valence-electron chi connectivity index (χ4n) is 2.36. The molecule has 0 aromatic heterocycles. The van der Waals surface area contributed by atoms with Gasteiger partial charge in [0.1, 0.15) is 18.1 Å². The third kappa shape index (κ3) is 5.87. The minimum Gasteiger partial charge on any atom is -0.494 e. The molecule has 1 amide bonds. The molecule has 0 atom stereocenters. The summed E-state index contributed by atoms with van der Waals surface area (Å²) in [7, 11) is 0. The number of carbonyl (C=O) groups is 1. The van der Waals surface area contributed by atoms with E-state index in [1.54, 1.807) is 18.2 Å². The summed E-state index contributed by atoms with van der Waals surface area (Å²) in [6.07, 6.45) is -0.520. The molecule has 0 fully saturated rings. The third-order valence-corrected chi connectivity index (χ3v) is 3.57. The molecule has 2 aromatic rings. The summed E-state index contributed by atoms with van der Waals surface area (Å²) in [5.74, 6) is 1.20. The Balaban J connectivity index is 2.00. The molecule has 2 aromatic carbocycles. The predicted molar refractivity (Wildman–Crippen MR) is 98.7 cm³/mol. The molecule has 134 valence electrons. The molecule has 25 heavy (non-hydrogen) atoms. The number of aryl methyl sites for hydroxylation is 2. The van der Waals surface area contributed by atoms with Gasteiger partial charge in [-0.3, -0.25) is 5.32 Å². The maximum Gasteiger partial charge on any atom is 0.411 e. The lowest BCUT2D eigenvalue weighted by Gasteiger charge is -2.12. The highest BCUT2D eigenvalue weighted by molar-refractivity contribution is 6.17. The number of benzene rings is 2. The van der Waals surface area contributed by atoms with Gasteiger partial charge in [-0.2, -0.15) is 0 Å². The molecule has 6 heteroatoms. The number of hydrogen-bond donors (Lipinski definition) is 1. The topological polar surface area (TPSA) is 56.8 Å². The van der Waals surface area contributed by atoms with Crippen LogP contribution in [0.5, 0.6) is 11.5 Å². The van der Waals surface area contributed by atoms with Crippen molar-refractivity contribution in [1.29, 1.82) is 0 Å². The molecule has 0 saturated heterocycles. The lowest BCUT2D eigenvalue weighted by molar-refractivity contribution is 0.155. The normalized spacial score (nSPS) is 10.2. The second-order valence-electron chi connectivity index (χ2n) is 5.52. The zero-order valence-electron chi connectivity index (χ0n) is 14.6. The molecule has 5 nitrogen and oxygen atoms in total. The number of hydrogen-bond acceptors (Lipinski definition) is 4. The Morgan fingerprint density at radius 2 is 1.80 bits per heavy atom. The highest BCUT2D eigenvalue weighted by Gasteiger charge is 2.08. The standard InChI is InChI=1S/C19H22ClNO4/c1-4-23-16-8-15(9-17(10-16)25-12-20)11-24-19(22)21-18-6-5-13(2)7-14(18)3/h5-10H,4,11-12H2,1-3H3,(H,21,22). The van der Waals surface area contributed by atoms with Gasteiger partial charge in [-0.1, -0.05) is 29.3 Å². The summed E-state index contributed by atoms with van der Waals surface area (Å²) < 4.78 is 16.1. The van der Waals surface area contributed by atoms with Gasteiger partial charge < -0.3 is 14.2 Å². The van der Waals surface area contributed by atoms with Crippen molar-refractivity contribution in [2.45, 2.75) is 27.4 Å². The smallest absolute Gasteiger partial charge is 0.411 e. The number of nitrogens with one attached hydrogen (secondary N) is 1. The van der Waals surface area contributed by atoms with Crippen LogP contribution in [0.2, 0.25) is 0 Å². The van der Waals surface area contributed by atoms with E-state index in [2.05, 4.69) is 5.32 Å². The maximum atomic E-state index is 12.0. The second kappa shape index (κ2) is 9.18. The quantitative estimate of drug-likeness (QED) is 0.701. The van der Waals surface area contributed by atoms with Crippen molar-refractivity contribution in [2.75, 3.05) is 18.0 Å². The molecule has 1 N–H and O–H groups in total. The Kier molecular flexibility index (Phi) is 6.95. The number of anilines is 1. The molecule has 0 aliphatic heterocycles. The summed E-state index contributed by atoms with van der Waals surface area (Å²) in [6, 6.07) is 11.1. The average molecular weight is 364 g/mol. The first-order valence-corrected chi connectivity index (χ1v) is 8.52. The largest absolute Gasteiger partial charge is 0.494 e. The van der Waals surface area contributed by atoms with Gasteiger partial charge in [-0.25, -0.2) is 4.79 Å². The van der Waals surface area contributed by atoms with Crippen LogP contribution in [0, 0.1) is 13.8 Å². The molecule has 0 saturated carbocycles. The van der Waals surface area contributed by atoms with E-state index in [9.17, 15) is 4.79 Å². The van der Waals surface area contributed by atoms with Crippen molar-refractivity contribution in [1.82, 2.24) is 0 Å². The molecule has 0 aliphatic carbocycles. The molecule has 0 heterocycles. The molecule has 0 radical (unpaired) electrons. The summed E-state index contributed by atoms with van der Waals surface area (Å²) in [4.78, 5) is 12.0. The zero-order chi connectivity index (χ0) is 18.2. The number of halogens is 1. The van der Waals surface area contributed by atoms with Crippen LogP contribution in [0.4, 0.5) is 10.5 Å². The Morgan fingerprint density at radius 3 is 2.44 bits per heavy atom. The highest BCUT2D eigenvalue weighted by atomic mass is 35.5. The molecule has 0 bridgehead atoms. The fraction of sp³-hybridized carbons (Fsp3) is 0.316. The van der Waals surface area contributed by atoms with Crippen LogP contribution >= 0.6 is 11.6 Å². The van der Waals surface area contributed by atoms with E-state index in [0.717, 1.165) is 22.4 Å². The minimum absolute atomic E-state index is 0.0308. The van der Waals surface area contributed by atoms with Crippen molar-refractivity contribution >= 4 is 23.4 Å². The van der Waals surface area contributed by atoms with Gasteiger partial charge in [-0.15, -0.1) is 0 Å². The van der Waals surface area contributed by atoms with Crippen LogP contribution in [0.1, 0.15) is 23.6 Å². The van der Waals surface area contributed by atoms with Gasteiger partial charge in [0, 0.05) is 11.8 Å². The number of ether oxygens (including phenoxy) is 3. The van der Waals surface area contributed by atoms with Crippen LogP contribution in [0.3, 0.4) is 0 Å². The van der Waals surface area contributed by atoms with E-state index >= 15 is 0 Å². The fourth-order valence-corrected chi connectivity index (χ4v) is 2.49. The predicted octanol–water partition coefficient (Wildman–Crippen LogP) is 5.03. The minimum atomic E-state index is -0.520. The van der Waals surface area contributed by atoms with Crippen molar-refractivity contribution in [3.8, 4) is 11.5 Å². The molecule has 0 spiro atoms. The summed E-state index contributed by atoms with van der Waals surface area (Å²) >= 11 is 5.60. The highest BCUT2D eigenvalue weighted by Crippen LogP contribution is 2.24. The number of rotatable bonds is 7. The van der Waals surface area contributed by atoms with E-state index in [1.807, 2.05) is 39.0 Å². The van der Waals surface area contributed by atoms with Crippen molar-refractivity contribution in [2.24, 2.45) is 0 Å². The summed E-state index contributed by atoms with van der Waals surface area (Å²) in [5.41, 5.74) is 3.59. The monoisotopic (exact) mass is 363 g/mol. The van der Waals surface area contributed by atoms with Crippen LogP contribution in [-0.2, 0) is 11.3 Å². The number of alkyl halides is 1. The third-order valence-electron chi connectivity index (χ3n) is 3.46. The van der Waals surface area contributed by atoms with Crippen LogP contribution in [0.25, 0.3) is 0 Å². The van der Waals surface area contributed by atoms with Crippen molar-refractivity contribution < 1.29 is 19.0 Å². The second-order valence-corrected chi connectivity index (χ2v) is 5.74. The first kappa shape index (κ1) is 18.9. The first-order valence-electron chi connectivity index (χ1n) is 7.98. The molecule has 0 unspecified atom stereocenters. The van der Waals surface area contributed by atoms with Crippen LogP contribution in [0.15, 0.2) is 36.4 Å². The lowest BCUT2D eigenvalue weighted by Crippen LogP contribution is -2.14. The number of amides is 1. The van der Waals surface area contributed by atoms with Crippen LogP contribution in [-0.4, -0.2) is 18.8 Å². The van der Waals surface area contributed by atoms with Gasteiger partial charge in [0.25, 0.3) is 0 Å². The molecule has 2 rings (SSSR count). The SMILES string of the molecule is CCOc1cc(COC(=O)Nc2ccc(C)cc2C)cc(OCCl)c1. The Hall–Kier alpha value is -2.40. The maximum absolute atomic E-state index is 12.0. The van der Waals surface area contributed by atoms with E-state index in [-0.39, 0.29) is 12.7 Å². The average Bonchev–Trinajstić information content (AvgIpc) is 2.56. The van der Waals surface area contributed by atoms with Crippen molar-refractivity contribution in [3.63, 3.8) is 0 Å². The van der Waals surface area contributed by atoms with Crippen LogP contribution < -0.4 is 14.8 Å². The van der Waals surface area contributed by atoms with E-state index in [4.69, 9.17) is 25.8 Å². The van der Waals surface area contributed by atoms with Gasteiger partial charge in [0.2, 0.25) is 0 Å². The van der Waals surface area contributed by atoms with E-state index in [0.29, 0.717) is 18.1 Å². The van der Waals surface area contributed by atoms with Gasteiger partial charge in [-0.05, 0) is 50.1 Å². The summed E-state index contributed by atoms with van der Waals surface area (Å²) in [5, 5.41) is 2.74. The lowest BCUT2D eigenvalue weighted by atomic mass is 10.1. The van der Waals surface area contributed by atoms with Gasteiger partial charge >= 0.3 is 6.09 Å². The van der Waals surface area contributed by atoms with E-state index in [1.165, 1.54) is 0 Å². The molecular weight excluding hydrogens is 342 g/mol. The molecule has 0 aliphatic rings. The molecular formula is C19H22ClNO4. The van der Waals surface area contributed by atoms with Gasteiger partial charge in [0.15, 0.2) is 6.07 Å². The zero-order valence-corrected chi connectivity index (χ0v) is 15.4. The Morgan fingerprint density at radius 1 is 1.08 bits per heavy atom. The van der Waals surface area contributed by atoms with E-state index < -0.39 is 6.09 Å². The Labute approximate surface area is 152 Å². The number of carbonyl (C=O) groups excluding carboxylic acids is 1. The summed E-state index contributed by atoms with van der Waals surface area (Å²) in [6.45, 7) is 6.45. The van der Waals surface area contributed by atoms with Gasteiger partial charge in [0.05, 0.1) is 6.61 Å². The van der Waals surface area contributed by atoms with Crippen molar-refractivity contribution in [3.05, 3.63) is 53.1 Å².